The highest BCUT2D eigenvalue weighted by Gasteiger charge is 2.11. The standard InChI is InChI=1S/C19H16FN3O/c20-19-15(13-24)7-4-8-16(19)17-11-21-12-18(23-17)22-10-9-14-5-2-1-3-6-14/h1-8,11-13H,9-10H2,(H,22,23). The number of hydrogen-bond acceptors (Lipinski definition) is 4. The molecule has 2 aromatic carbocycles. The fourth-order valence-corrected chi connectivity index (χ4v) is 2.40. The lowest BCUT2D eigenvalue weighted by Crippen LogP contribution is -2.07. The lowest BCUT2D eigenvalue weighted by molar-refractivity contribution is 0.112. The van der Waals surface area contributed by atoms with Gasteiger partial charge in [-0.25, -0.2) is 9.37 Å². The molecule has 0 aliphatic rings. The van der Waals surface area contributed by atoms with Gasteiger partial charge in [-0.2, -0.15) is 0 Å². The van der Waals surface area contributed by atoms with Crippen LogP contribution >= 0.6 is 0 Å². The SMILES string of the molecule is O=Cc1cccc(-c2cncc(NCCc3ccccc3)n2)c1F. The number of hydrogen-bond donors (Lipinski definition) is 1. The first kappa shape index (κ1) is 15.8. The highest BCUT2D eigenvalue weighted by Crippen LogP contribution is 2.23. The second-order valence-electron chi connectivity index (χ2n) is 5.28. The van der Waals surface area contributed by atoms with Gasteiger partial charge in [0.05, 0.1) is 23.7 Å². The summed E-state index contributed by atoms with van der Waals surface area (Å²) >= 11 is 0. The first-order valence-corrected chi connectivity index (χ1v) is 7.62. The lowest BCUT2D eigenvalue weighted by Gasteiger charge is -2.08. The van der Waals surface area contributed by atoms with E-state index in [1.807, 2.05) is 18.2 Å². The molecule has 0 fully saturated rings. The summed E-state index contributed by atoms with van der Waals surface area (Å²) in [5, 5.41) is 3.19. The van der Waals surface area contributed by atoms with Gasteiger partial charge in [0.2, 0.25) is 0 Å². The molecule has 0 unspecified atom stereocenters. The zero-order chi connectivity index (χ0) is 16.8. The minimum atomic E-state index is -0.580. The second kappa shape index (κ2) is 7.46. The molecule has 0 aliphatic carbocycles. The van der Waals surface area contributed by atoms with Crippen molar-refractivity contribution in [3.8, 4) is 11.3 Å². The Morgan fingerprint density at radius 2 is 1.88 bits per heavy atom. The molecule has 3 aromatic rings. The zero-order valence-electron chi connectivity index (χ0n) is 12.9. The van der Waals surface area contributed by atoms with E-state index in [0.29, 0.717) is 24.3 Å². The number of aromatic nitrogens is 2. The summed E-state index contributed by atoms with van der Waals surface area (Å²) < 4.78 is 14.2. The number of anilines is 1. The van der Waals surface area contributed by atoms with E-state index < -0.39 is 5.82 Å². The average Bonchev–Trinajstić information content (AvgIpc) is 2.63. The third-order valence-electron chi connectivity index (χ3n) is 3.63. The van der Waals surface area contributed by atoms with Crippen molar-refractivity contribution in [1.29, 1.82) is 0 Å². The van der Waals surface area contributed by atoms with Gasteiger partial charge in [0.15, 0.2) is 6.29 Å². The molecule has 0 radical (unpaired) electrons. The van der Waals surface area contributed by atoms with Gasteiger partial charge in [-0.15, -0.1) is 0 Å². The van der Waals surface area contributed by atoms with Gasteiger partial charge >= 0.3 is 0 Å². The summed E-state index contributed by atoms with van der Waals surface area (Å²) in [7, 11) is 0. The molecule has 0 amide bonds. The van der Waals surface area contributed by atoms with Gasteiger partial charge in [0, 0.05) is 12.1 Å². The maximum atomic E-state index is 14.2. The van der Waals surface area contributed by atoms with E-state index in [2.05, 4.69) is 27.4 Å². The molecule has 5 heteroatoms. The topological polar surface area (TPSA) is 54.9 Å². The molecule has 0 bridgehead atoms. The number of benzene rings is 2. The van der Waals surface area contributed by atoms with Crippen LogP contribution in [0.1, 0.15) is 15.9 Å². The molecule has 1 aromatic heterocycles. The maximum absolute atomic E-state index is 14.2. The van der Waals surface area contributed by atoms with E-state index in [1.54, 1.807) is 18.3 Å². The van der Waals surface area contributed by atoms with Crippen LogP contribution in [-0.2, 0) is 6.42 Å². The number of aldehydes is 1. The number of rotatable bonds is 6. The van der Waals surface area contributed by atoms with Crippen LogP contribution in [0.3, 0.4) is 0 Å². The van der Waals surface area contributed by atoms with Crippen LogP contribution in [0.4, 0.5) is 10.2 Å². The molecule has 0 spiro atoms. The number of nitrogens with one attached hydrogen (secondary N) is 1. The van der Waals surface area contributed by atoms with E-state index in [9.17, 15) is 9.18 Å². The quantitative estimate of drug-likeness (QED) is 0.703. The Balaban J connectivity index is 1.74. The Hall–Kier alpha value is -3.08. The number of halogens is 1. The summed E-state index contributed by atoms with van der Waals surface area (Å²) in [5.41, 5.74) is 1.88. The van der Waals surface area contributed by atoms with Crippen molar-refractivity contribution in [3.05, 3.63) is 77.9 Å². The Kier molecular flexibility index (Phi) is 4.91. The third-order valence-corrected chi connectivity index (χ3v) is 3.63. The van der Waals surface area contributed by atoms with Gasteiger partial charge in [-0.1, -0.05) is 36.4 Å². The summed E-state index contributed by atoms with van der Waals surface area (Å²) in [4.78, 5) is 19.3. The predicted octanol–water partition coefficient (Wildman–Crippen LogP) is 3.75. The number of carbonyl (C=O) groups is 1. The Morgan fingerprint density at radius 3 is 2.67 bits per heavy atom. The van der Waals surface area contributed by atoms with Crippen LogP contribution in [0, 0.1) is 5.82 Å². The molecule has 0 saturated carbocycles. The summed E-state index contributed by atoms with van der Waals surface area (Å²) in [6.07, 6.45) is 4.42. The molecule has 0 aliphatic heterocycles. The van der Waals surface area contributed by atoms with Crippen molar-refractivity contribution in [2.45, 2.75) is 6.42 Å². The molecular formula is C19H16FN3O. The average molecular weight is 321 g/mol. The molecule has 4 nitrogen and oxygen atoms in total. The number of carbonyl (C=O) groups excluding carboxylic acids is 1. The van der Waals surface area contributed by atoms with E-state index in [4.69, 9.17) is 0 Å². The predicted molar refractivity (Wildman–Crippen MR) is 91.4 cm³/mol. The fourth-order valence-electron chi connectivity index (χ4n) is 2.40. The summed E-state index contributed by atoms with van der Waals surface area (Å²) in [5.74, 6) is -0.0115. The van der Waals surface area contributed by atoms with Crippen LogP contribution in [0.25, 0.3) is 11.3 Å². The smallest absolute Gasteiger partial charge is 0.153 e. The molecule has 1 N–H and O–H groups in total. The number of nitrogens with zero attached hydrogens (tertiary/aromatic N) is 2. The van der Waals surface area contributed by atoms with Crippen LogP contribution in [-0.4, -0.2) is 22.8 Å². The van der Waals surface area contributed by atoms with Crippen molar-refractivity contribution < 1.29 is 9.18 Å². The monoisotopic (exact) mass is 321 g/mol. The largest absolute Gasteiger partial charge is 0.368 e. The normalized spacial score (nSPS) is 10.4. The highest BCUT2D eigenvalue weighted by atomic mass is 19.1. The molecule has 24 heavy (non-hydrogen) atoms. The van der Waals surface area contributed by atoms with Gasteiger partial charge in [0.25, 0.3) is 0 Å². The minimum Gasteiger partial charge on any atom is -0.368 e. The van der Waals surface area contributed by atoms with Gasteiger partial charge in [-0.05, 0) is 24.1 Å². The molecule has 0 atom stereocenters. The molecule has 0 saturated heterocycles. The fraction of sp³-hybridized carbons (Fsp3) is 0.105. The van der Waals surface area contributed by atoms with E-state index in [1.165, 1.54) is 17.8 Å². The first-order chi connectivity index (χ1) is 11.8. The second-order valence-corrected chi connectivity index (χ2v) is 5.28. The van der Waals surface area contributed by atoms with Crippen LogP contribution in [0.2, 0.25) is 0 Å². The van der Waals surface area contributed by atoms with Crippen molar-refractivity contribution in [2.75, 3.05) is 11.9 Å². The highest BCUT2D eigenvalue weighted by molar-refractivity contribution is 5.79. The first-order valence-electron chi connectivity index (χ1n) is 7.62. The van der Waals surface area contributed by atoms with Crippen LogP contribution in [0.5, 0.6) is 0 Å². The molecule has 1 heterocycles. The van der Waals surface area contributed by atoms with Gasteiger partial charge in [-0.3, -0.25) is 9.78 Å². The van der Waals surface area contributed by atoms with E-state index in [0.717, 1.165) is 6.42 Å². The minimum absolute atomic E-state index is 0.0109. The van der Waals surface area contributed by atoms with Crippen molar-refractivity contribution in [3.63, 3.8) is 0 Å². The Bertz CT molecular complexity index is 837. The van der Waals surface area contributed by atoms with Crippen molar-refractivity contribution in [2.24, 2.45) is 0 Å². The van der Waals surface area contributed by atoms with E-state index >= 15 is 0 Å². The van der Waals surface area contributed by atoms with E-state index in [-0.39, 0.29) is 11.1 Å². The Morgan fingerprint density at radius 1 is 1.04 bits per heavy atom. The molecule has 3 rings (SSSR count). The summed E-state index contributed by atoms with van der Waals surface area (Å²) in [6, 6.07) is 14.7. The van der Waals surface area contributed by atoms with Gasteiger partial charge in [0.1, 0.15) is 11.6 Å². The van der Waals surface area contributed by atoms with Crippen LogP contribution in [0.15, 0.2) is 60.9 Å². The zero-order valence-corrected chi connectivity index (χ0v) is 12.9. The summed E-state index contributed by atoms with van der Waals surface area (Å²) in [6.45, 7) is 0.693. The lowest BCUT2D eigenvalue weighted by atomic mass is 10.1. The van der Waals surface area contributed by atoms with Gasteiger partial charge < -0.3 is 5.32 Å². The Labute approximate surface area is 139 Å². The van der Waals surface area contributed by atoms with Crippen LogP contribution < -0.4 is 5.32 Å². The third kappa shape index (κ3) is 3.63. The maximum Gasteiger partial charge on any atom is 0.153 e. The van der Waals surface area contributed by atoms with Crippen molar-refractivity contribution >= 4 is 12.1 Å². The molecular weight excluding hydrogens is 305 g/mol. The molecule has 120 valence electrons. The van der Waals surface area contributed by atoms with Crippen molar-refractivity contribution in [1.82, 2.24) is 9.97 Å².